The number of esters is 1. The second-order valence-electron chi connectivity index (χ2n) is 4.40. The van der Waals surface area contributed by atoms with E-state index < -0.39 is 11.9 Å². The lowest BCUT2D eigenvalue weighted by Crippen LogP contribution is -2.25. The molecule has 6 nitrogen and oxygen atoms in total. The van der Waals surface area contributed by atoms with Crippen molar-refractivity contribution < 1.29 is 14.3 Å². The maximum absolute atomic E-state index is 12.2. The van der Waals surface area contributed by atoms with Gasteiger partial charge in [0.1, 0.15) is 17.4 Å². The second-order valence-corrected chi connectivity index (χ2v) is 4.40. The molecule has 2 rings (SSSR count). The Kier molecular flexibility index (Phi) is 4.24. The van der Waals surface area contributed by atoms with Crippen molar-refractivity contribution in [2.45, 2.75) is 19.8 Å². The zero-order valence-corrected chi connectivity index (χ0v) is 11.8. The van der Waals surface area contributed by atoms with Gasteiger partial charge in [0.15, 0.2) is 0 Å². The molecule has 1 aliphatic rings. The number of hydrogen-bond donors (Lipinski definition) is 1. The average molecular weight is 285 g/mol. The largest absolute Gasteiger partial charge is 0.463 e. The van der Waals surface area contributed by atoms with Gasteiger partial charge in [-0.1, -0.05) is 0 Å². The Balaban J connectivity index is 2.58. The lowest BCUT2D eigenvalue weighted by atomic mass is 9.83. The third-order valence-electron chi connectivity index (χ3n) is 3.14. The highest BCUT2D eigenvalue weighted by Gasteiger charge is 2.36. The summed E-state index contributed by atoms with van der Waals surface area (Å²) in [4.78, 5) is 16.2. The fraction of sp³-hybridized carbons (Fsp3) is 0.267. The van der Waals surface area contributed by atoms with Crippen LogP contribution in [0.25, 0.3) is 0 Å². The smallest absolute Gasteiger partial charge is 0.338 e. The topological polar surface area (TPSA) is 98.2 Å². The number of allylic oxidation sites excluding steroid dienone is 2. The summed E-state index contributed by atoms with van der Waals surface area (Å²) in [6.07, 6.45) is 3.18. The van der Waals surface area contributed by atoms with E-state index in [9.17, 15) is 10.1 Å². The maximum Gasteiger partial charge on any atom is 0.338 e. The Morgan fingerprint density at radius 1 is 1.52 bits per heavy atom. The number of aromatic nitrogens is 1. The van der Waals surface area contributed by atoms with E-state index in [1.165, 1.54) is 0 Å². The SMILES string of the molecule is CCOC(=O)C1=C(C)OC(N)=C(C#N)C1c1ccncc1. The quantitative estimate of drug-likeness (QED) is 0.849. The van der Waals surface area contributed by atoms with E-state index >= 15 is 0 Å². The molecule has 1 aliphatic heterocycles. The molecular formula is C15H15N3O3. The molecule has 0 saturated heterocycles. The molecule has 21 heavy (non-hydrogen) atoms. The highest BCUT2D eigenvalue weighted by atomic mass is 16.5. The molecule has 6 heteroatoms. The predicted molar refractivity (Wildman–Crippen MR) is 74.2 cm³/mol. The van der Waals surface area contributed by atoms with Crippen LogP contribution in [-0.2, 0) is 14.3 Å². The standard InChI is InChI=1S/C15H15N3O3/c1-3-20-15(19)12-9(2)21-14(17)11(8-16)13(12)10-4-6-18-7-5-10/h4-7,13H,3,17H2,1-2H3. The zero-order valence-electron chi connectivity index (χ0n) is 11.8. The van der Waals surface area contributed by atoms with Crippen molar-refractivity contribution in [3.8, 4) is 6.07 Å². The van der Waals surface area contributed by atoms with Gasteiger partial charge >= 0.3 is 5.97 Å². The van der Waals surface area contributed by atoms with Gasteiger partial charge in [0.2, 0.25) is 5.88 Å². The predicted octanol–water partition coefficient (Wildman–Crippen LogP) is 1.73. The van der Waals surface area contributed by atoms with Crippen LogP contribution in [0.5, 0.6) is 0 Å². The van der Waals surface area contributed by atoms with Crippen molar-refractivity contribution in [3.05, 3.63) is 52.9 Å². The summed E-state index contributed by atoms with van der Waals surface area (Å²) in [6.45, 7) is 3.58. The lowest BCUT2D eigenvalue weighted by molar-refractivity contribution is -0.139. The van der Waals surface area contributed by atoms with Crippen molar-refractivity contribution in [1.29, 1.82) is 5.26 Å². The molecule has 0 fully saturated rings. The molecule has 0 saturated carbocycles. The van der Waals surface area contributed by atoms with Gasteiger partial charge in [0.05, 0.1) is 18.1 Å². The van der Waals surface area contributed by atoms with Crippen LogP contribution in [0.3, 0.4) is 0 Å². The van der Waals surface area contributed by atoms with Gasteiger partial charge in [-0.25, -0.2) is 4.79 Å². The van der Waals surface area contributed by atoms with Crippen LogP contribution in [-0.4, -0.2) is 17.6 Å². The van der Waals surface area contributed by atoms with Crippen molar-refractivity contribution >= 4 is 5.97 Å². The molecule has 1 atom stereocenters. The zero-order chi connectivity index (χ0) is 15.4. The number of ether oxygens (including phenoxy) is 2. The monoisotopic (exact) mass is 285 g/mol. The molecule has 1 unspecified atom stereocenters. The van der Waals surface area contributed by atoms with Crippen molar-refractivity contribution in [2.75, 3.05) is 6.61 Å². The first-order chi connectivity index (χ1) is 10.1. The average Bonchev–Trinajstić information content (AvgIpc) is 2.47. The Labute approximate surface area is 122 Å². The van der Waals surface area contributed by atoms with Gasteiger partial charge in [0, 0.05) is 12.4 Å². The third kappa shape index (κ3) is 2.72. The third-order valence-corrected chi connectivity index (χ3v) is 3.14. The Morgan fingerprint density at radius 2 is 2.19 bits per heavy atom. The summed E-state index contributed by atoms with van der Waals surface area (Å²) < 4.78 is 10.4. The molecule has 0 spiro atoms. The van der Waals surface area contributed by atoms with Crippen molar-refractivity contribution in [1.82, 2.24) is 4.98 Å². The minimum absolute atomic E-state index is 0.00450. The van der Waals surface area contributed by atoms with Crippen LogP contribution in [0.1, 0.15) is 25.3 Å². The van der Waals surface area contributed by atoms with Gasteiger partial charge in [-0.15, -0.1) is 0 Å². The van der Waals surface area contributed by atoms with E-state index in [1.807, 2.05) is 6.07 Å². The van der Waals surface area contributed by atoms with Crippen LogP contribution >= 0.6 is 0 Å². The molecule has 1 aromatic heterocycles. The molecule has 108 valence electrons. The lowest BCUT2D eigenvalue weighted by Gasteiger charge is -2.26. The number of pyridine rings is 1. The van der Waals surface area contributed by atoms with Gasteiger partial charge in [-0.3, -0.25) is 4.98 Å². The van der Waals surface area contributed by atoms with Gasteiger partial charge in [-0.05, 0) is 31.5 Å². The summed E-state index contributed by atoms with van der Waals surface area (Å²) in [6, 6.07) is 5.48. The Bertz CT molecular complexity index is 656. The fourth-order valence-electron chi connectivity index (χ4n) is 2.24. The molecule has 1 aromatic rings. The van der Waals surface area contributed by atoms with Crippen LogP contribution in [0, 0.1) is 11.3 Å². The first-order valence-electron chi connectivity index (χ1n) is 6.45. The number of carbonyl (C=O) groups is 1. The van der Waals surface area contributed by atoms with Crippen LogP contribution in [0.4, 0.5) is 0 Å². The number of carbonyl (C=O) groups excluding carboxylic acids is 1. The van der Waals surface area contributed by atoms with E-state index in [0.29, 0.717) is 5.76 Å². The number of nitrogens with zero attached hydrogens (tertiary/aromatic N) is 2. The summed E-state index contributed by atoms with van der Waals surface area (Å²) in [5.74, 6) is -0.778. The normalized spacial score (nSPS) is 18.0. The van der Waals surface area contributed by atoms with Gasteiger partial charge in [0.25, 0.3) is 0 Å². The van der Waals surface area contributed by atoms with Crippen LogP contribution in [0.2, 0.25) is 0 Å². The molecule has 0 bridgehead atoms. The van der Waals surface area contributed by atoms with E-state index in [4.69, 9.17) is 15.2 Å². The molecule has 2 heterocycles. The van der Waals surface area contributed by atoms with E-state index in [1.54, 1.807) is 38.4 Å². The van der Waals surface area contributed by atoms with Crippen LogP contribution < -0.4 is 5.73 Å². The molecular weight excluding hydrogens is 270 g/mol. The number of hydrogen-bond acceptors (Lipinski definition) is 6. The summed E-state index contributed by atoms with van der Waals surface area (Å²) in [7, 11) is 0. The minimum Gasteiger partial charge on any atom is -0.463 e. The Morgan fingerprint density at radius 3 is 2.76 bits per heavy atom. The molecule has 0 aliphatic carbocycles. The van der Waals surface area contributed by atoms with Crippen molar-refractivity contribution in [2.24, 2.45) is 5.73 Å². The van der Waals surface area contributed by atoms with Gasteiger partial charge in [-0.2, -0.15) is 5.26 Å². The van der Waals surface area contributed by atoms with Crippen molar-refractivity contribution in [3.63, 3.8) is 0 Å². The van der Waals surface area contributed by atoms with E-state index in [0.717, 1.165) is 5.56 Å². The second kappa shape index (κ2) is 6.09. The van der Waals surface area contributed by atoms with Crippen LogP contribution in [0.15, 0.2) is 47.3 Å². The summed E-state index contributed by atoms with van der Waals surface area (Å²) >= 11 is 0. The highest BCUT2D eigenvalue weighted by Crippen LogP contribution is 2.39. The number of nitrogens with two attached hydrogens (primary N) is 1. The molecule has 0 radical (unpaired) electrons. The van der Waals surface area contributed by atoms with E-state index in [-0.39, 0.29) is 23.6 Å². The molecule has 0 amide bonds. The summed E-state index contributed by atoms with van der Waals surface area (Å²) in [5.41, 5.74) is 6.98. The van der Waals surface area contributed by atoms with E-state index in [2.05, 4.69) is 4.98 Å². The van der Waals surface area contributed by atoms with Gasteiger partial charge < -0.3 is 15.2 Å². The highest BCUT2D eigenvalue weighted by molar-refractivity contribution is 5.92. The summed E-state index contributed by atoms with van der Waals surface area (Å²) in [5, 5.41) is 9.35. The number of nitriles is 1. The first-order valence-corrected chi connectivity index (χ1v) is 6.45. The fourth-order valence-corrected chi connectivity index (χ4v) is 2.24. The number of rotatable bonds is 3. The first kappa shape index (κ1) is 14.6. The maximum atomic E-state index is 12.2. The molecule has 2 N–H and O–H groups in total. The Hall–Kier alpha value is -2.81. The molecule has 0 aromatic carbocycles. The minimum atomic E-state index is -0.606.